The maximum Gasteiger partial charge on any atom is 0.0159 e. The molecule has 0 aliphatic heterocycles. The van der Waals surface area contributed by atoms with Crippen molar-refractivity contribution in [2.75, 3.05) is 18.4 Å². The summed E-state index contributed by atoms with van der Waals surface area (Å²) < 4.78 is 0. The van der Waals surface area contributed by atoms with Gasteiger partial charge in [-0.2, -0.15) is 0 Å². The SMILES string of the molecule is CCCC(C)CN(CCBr)C1CCCC1. The number of hydrogen-bond donors (Lipinski definition) is 0. The lowest BCUT2D eigenvalue weighted by atomic mass is 10.0. The molecule has 0 N–H and O–H groups in total. The summed E-state index contributed by atoms with van der Waals surface area (Å²) in [7, 11) is 0. The fourth-order valence-corrected chi connectivity index (χ4v) is 3.24. The number of nitrogens with zero attached hydrogens (tertiary/aromatic N) is 1. The Morgan fingerprint density at radius 2 is 2.00 bits per heavy atom. The van der Waals surface area contributed by atoms with E-state index in [0.717, 1.165) is 17.3 Å². The van der Waals surface area contributed by atoms with Gasteiger partial charge in [0.25, 0.3) is 0 Å². The molecule has 1 atom stereocenters. The van der Waals surface area contributed by atoms with Crippen LogP contribution in [0.2, 0.25) is 0 Å². The second kappa shape index (κ2) is 7.67. The Bertz CT molecular complexity index is 155. The van der Waals surface area contributed by atoms with E-state index in [4.69, 9.17) is 0 Å². The molecule has 1 fully saturated rings. The Labute approximate surface area is 104 Å². The normalized spacial score (nSPS) is 20.0. The zero-order chi connectivity index (χ0) is 11.1. The van der Waals surface area contributed by atoms with Gasteiger partial charge in [0, 0.05) is 24.5 Å². The minimum absolute atomic E-state index is 0.870. The summed E-state index contributed by atoms with van der Waals surface area (Å²) in [5.74, 6) is 0.870. The minimum atomic E-state index is 0.870. The highest BCUT2D eigenvalue weighted by Crippen LogP contribution is 2.24. The quantitative estimate of drug-likeness (QED) is 0.634. The average Bonchev–Trinajstić information content (AvgIpc) is 2.70. The summed E-state index contributed by atoms with van der Waals surface area (Å²) >= 11 is 3.58. The molecule has 0 saturated heterocycles. The molecule has 0 bridgehead atoms. The van der Waals surface area contributed by atoms with Crippen LogP contribution in [0.5, 0.6) is 0 Å². The summed E-state index contributed by atoms with van der Waals surface area (Å²) in [4.78, 5) is 2.72. The molecule has 0 heterocycles. The highest BCUT2D eigenvalue weighted by Gasteiger charge is 2.22. The first-order valence-corrected chi connectivity index (χ1v) is 7.70. The molecular weight excluding hydrogens is 250 g/mol. The molecule has 0 spiro atoms. The predicted molar refractivity (Wildman–Crippen MR) is 71.7 cm³/mol. The van der Waals surface area contributed by atoms with Crippen LogP contribution in [0.25, 0.3) is 0 Å². The molecule has 1 aliphatic rings. The van der Waals surface area contributed by atoms with Crippen molar-refractivity contribution in [1.82, 2.24) is 4.90 Å². The molecule has 0 aromatic rings. The summed E-state index contributed by atoms with van der Waals surface area (Å²) in [6.45, 7) is 7.24. The molecule has 2 heteroatoms. The van der Waals surface area contributed by atoms with E-state index in [9.17, 15) is 0 Å². The molecule has 1 nitrogen and oxygen atoms in total. The van der Waals surface area contributed by atoms with Gasteiger partial charge in [-0.3, -0.25) is 4.90 Å². The van der Waals surface area contributed by atoms with Gasteiger partial charge >= 0.3 is 0 Å². The van der Waals surface area contributed by atoms with Crippen LogP contribution in [0.4, 0.5) is 0 Å². The van der Waals surface area contributed by atoms with E-state index in [-0.39, 0.29) is 0 Å². The molecule has 0 aromatic carbocycles. The van der Waals surface area contributed by atoms with Crippen molar-refractivity contribution < 1.29 is 0 Å². The van der Waals surface area contributed by atoms with Crippen molar-refractivity contribution in [3.63, 3.8) is 0 Å². The number of hydrogen-bond acceptors (Lipinski definition) is 1. The maximum absolute atomic E-state index is 3.58. The highest BCUT2D eigenvalue weighted by atomic mass is 79.9. The van der Waals surface area contributed by atoms with Gasteiger partial charge in [0.15, 0.2) is 0 Å². The predicted octanol–water partition coefficient (Wildman–Crippen LogP) is 4.06. The molecular formula is C13H26BrN. The van der Waals surface area contributed by atoms with Crippen LogP contribution in [-0.4, -0.2) is 29.4 Å². The van der Waals surface area contributed by atoms with Crippen molar-refractivity contribution in [3.8, 4) is 0 Å². The van der Waals surface area contributed by atoms with Gasteiger partial charge in [0.05, 0.1) is 0 Å². The summed E-state index contributed by atoms with van der Waals surface area (Å²) in [5, 5.41) is 1.13. The van der Waals surface area contributed by atoms with E-state index in [1.807, 2.05) is 0 Å². The molecule has 1 unspecified atom stereocenters. The van der Waals surface area contributed by atoms with Crippen LogP contribution >= 0.6 is 15.9 Å². The van der Waals surface area contributed by atoms with Gasteiger partial charge < -0.3 is 0 Å². The molecule has 15 heavy (non-hydrogen) atoms. The molecule has 90 valence electrons. The molecule has 1 aliphatic carbocycles. The largest absolute Gasteiger partial charge is 0.299 e. The molecule has 1 saturated carbocycles. The molecule has 0 aromatic heterocycles. The van der Waals surface area contributed by atoms with Crippen LogP contribution in [0.1, 0.15) is 52.4 Å². The molecule has 0 radical (unpaired) electrons. The second-order valence-electron chi connectivity index (χ2n) is 5.02. The van der Waals surface area contributed by atoms with Gasteiger partial charge in [-0.1, -0.05) is 49.0 Å². The van der Waals surface area contributed by atoms with Crippen molar-refractivity contribution >= 4 is 15.9 Å². The van der Waals surface area contributed by atoms with Crippen molar-refractivity contribution in [3.05, 3.63) is 0 Å². The van der Waals surface area contributed by atoms with Crippen molar-refractivity contribution in [2.45, 2.75) is 58.4 Å². The van der Waals surface area contributed by atoms with Gasteiger partial charge in [-0.15, -0.1) is 0 Å². The van der Waals surface area contributed by atoms with Crippen LogP contribution in [0.15, 0.2) is 0 Å². The summed E-state index contributed by atoms with van der Waals surface area (Å²) in [6, 6.07) is 0.891. The molecule has 1 rings (SSSR count). The van der Waals surface area contributed by atoms with Gasteiger partial charge in [-0.25, -0.2) is 0 Å². The van der Waals surface area contributed by atoms with Crippen LogP contribution in [0.3, 0.4) is 0 Å². The minimum Gasteiger partial charge on any atom is -0.299 e. The third kappa shape index (κ3) is 4.86. The van der Waals surface area contributed by atoms with Gasteiger partial charge in [-0.05, 0) is 25.2 Å². The first-order valence-electron chi connectivity index (χ1n) is 6.58. The average molecular weight is 276 g/mol. The van der Waals surface area contributed by atoms with E-state index in [1.54, 1.807) is 0 Å². The lowest BCUT2D eigenvalue weighted by Crippen LogP contribution is -2.38. The lowest BCUT2D eigenvalue weighted by Gasteiger charge is -2.30. The van der Waals surface area contributed by atoms with Crippen LogP contribution < -0.4 is 0 Å². The summed E-state index contributed by atoms with van der Waals surface area (Å²) in [5.41, 5.74) is 0. The van der Waals surface area contributed by atoms with E-state index in [0.29, 0.717) is 0 Å². The summed E-state index contributed by atoms with van der Waals surface area (Å²) in [6.07, 6.45) is 8.48. The van der Waals surface area contributed by atoms with Gasteiger partial charge in [0.2, 0.25) is 0 Å². The Balaban J connectivity index is 2.34. The van der Waals surface area contributed by atoms with Crippen molar-refractivity contribution in [2.24, 2.45) is 5.92 Å². The maximum atomic E-state index is 3.58. The van der Waals surface area contributed by atoms with Crippen LogP contribution in [0, 0.1) is 5.92 Å². The number of alkyl halides is 1. The van der Waals surface area contributed by atoms with E-state index in [1.165, 1.54) is 51.6 Å². The fourth-order valence-electron chi connectivity index (χ4n) is 2.79. The zero-order valence-corrected chi connectivity index (χ0v) is 11.9. The Morgan fingerprint density at radius 1 is 1.33 bits per heavy atom. The first-order chi connectivity index (χ1) is 7.27. The fraction of sp³-hybridized carbons (Fsp3) is 1.00. The standard InChI is InChI=1S/C13H26BrN/c1-3-6-12(2)11-15(10-9-14)13-7-4-5-8-13/h12-13H,3-11H2,1-2H3. The third-order valence-corrected chi connectivity index (χ3v) is 3.90. The number of halogens is 1. The third-order valence-electron chi connectivity index (χ3n) is 3.54. The monoisotopic (exact) mass is 275 g/mol. The molecule has 0 amide bonds. The van der Waals surface area contributed by atoms with E-state index >= 15 is 0 Å². The number of rotatable bonds is 7. The first kappa shape index (κ1) is 13.5. The van der Waals surface area contributed by atoms with Crippen molar-refractivity contribution in [1.29, 1.82) is 0 Å². The Morgan fingerprint density at radius 3 is 2.53 bits per heavy atom. The van der Waals surface area contributed by atoms with Gasteiger partial charge in [0.1, 0.15) is 0 Å². The lowest BCUT2D eigenvalue weighted by molar-refractivity contribution is 0.180. The highest BCUT2D eigenvalue weighted by molar-refractivity contribution is 9.09. The Kier molecular flexibility index (Phi) is 6.91. The topological polar surface area (TPSA) is 3.24 Å². The van der Waals surface area contributed by atoms with E-state index in [2.05, 4.69) is 34.7 Å². The smallest absolute Gasteiger partial charge is 0.0159 e. The zero-order valence-electron chi connectivity index (χ0n) is 10.3. The second-order valence-corrected chi connectivity index (χ2v) is 5.81. The van der Waals surface area contributed by atoms with E-state index < -0.39 is 0 Å². The van der Waals surface area contributed by atoms with Crippen LogP contribution in [-0.2, 0) is 0 Å². The Hall–Kier alpha value is 0.440.